The van der Waals surface area contributed by atoms with E-state index < -0.39 is 0 Å². The third-order valence-electron chi connectivity index (χ3n) is 5.00. The molecule has 4 nitrogen and oxygen atoms in total. The van der Waals surface area contributed by atoms with Crippen LogP contribution in [0.3, 0.4) is 0 Å². The molecular weight excluding hydrogens is 320 g/mol. The van der Waals surface area contributed by atoms with Gasteiger partial charge in [-0.25, -0.2) is 0 Å². The highest BCUT2D eigenvalue weighted by atomic mass is 32.2. The smallest absolute Gasteiger partial charge is 0.232 e. The minimum Gasteiger partial charge on any atom is -0.342 e. The summed E-state index contributed by atoms with van der Waals surface area (Å²) < 4.78 is 0. The summed E-state index contributed by atoms with van der Waals surface area (Å²) in [6.45, 7) is 5.35. The Balaban J connectivity index is 1.43. The molecule has 2 amide bonds. The van der Waals surface area contributed by atoms with Gasteiger partial charge >= 0.3 is 0 Å². The summed E-state index contributed by atoms with van der Waals surface area (Å²) in [5, 5.41) is 0. The molecule has 2 aliphatic rings. The zero-order valence-electron chi connectivity index (χ0n) is 14.4. The monoisotopic (exact) mass is 346 g/mol. The molecule has 1 aromatic carbocycles. The molecule has 3 rings (SSSR count). The van der Waals surface area contributed by atoms with Gasteiger partial charge in [-0.2, -0.15) is 0 Å². The van der Waals surface area contributed by atoms with Gasteiger partial charge in [0.1, 0.15) is 0 Å². The molecule has 5 heteroatoms. The van der Waals surface area contributed by atoms with Gasteiger partial charge in [-0.1, -0.05) is 17.7 Å². The van der Waals surface area contributed by atoms with Crippen LogP contribution in [0.2, 0.25) is 0 Å². The zero-order valence-corrected chi connectivity index (χ0v) is 15.2. The molecule has 2 saturated heterocycles. The predicted octanol–water partition coefficient (Wildman–Crippen LogP) is 2.95. The van der Waals surface area contributed by atoms with Crippen molar-refractivity contribution in [2.45, 2.75) is 37.5 Å². The number of hydrogen-bond donors (Lipinski definition) is 0. The van der Waals surface area contributed by atoms with Gasteiger partial charge in [0.25, 0.3) is 0 Å². The average molecular weight is 346 g/mol. The minimum absolute atomic E-state index is 0.122. The van der Waals surface area contributed by atoms with Crippen molar-refractivity contribution in [1.82, 2.24) is 9.80 Å². The maximum absolute atomic E-state index is 12.4. The normalized spacial score (nSPS) is 18.9. The number of carbonyl (C=O) groups is 2. The van der Waals surface area contributed by atoms with Crippen molar-refractivity contribution >= 4 is 23.6 Å². The van der Waals surface area contributed by atoms with Crippen LogP contribution in [0, 0.1) is 12.8 Å². The summed E-state index contributed by atoms with van der Waals surface area (Å²) in [7, 11) is 0. The van der Waals surface area contributed by atoms with Gasteiger partial charge in [0, 0.05) is 37.0 Å². The van der Waals surface area contributed by atoms with Crippen molar-refractivity contribution in [2.24, 2.45) is 5.92 Å². The van der Waals surface area contributed by atoms with Gasteiger partial charge in [0.2, 0.25) is 11.8 Å². The highest BCUT2D eigenvalue weighted by Crippen LogP contribution is 2.24. The molecule has 0 bridgehead atoms. The first kappa shape index (κ1) is 17.3. The number of benzene rings is 1. The summed E-state index contributed by atoms with van der Waals surface area (Å²) >= 11 is 1.59. The second kappa shape index (κ2) is 8.06. The van der Waals surface area contributed by atoms with Crippen molar-refractivity contribution in [3.8, 4) is 0 Å². The van der Waals surface area contributed by atoms with E-state index in [-0.39, 0.29) is 11.8 Å². The lowest BCUT2D eigenvalue weighted by molar-refractivity contribution is -0.139. The van der Waals surface area contributed by atoms with Crippen molar-refractivity contribution in [3.63, 3.8) is 0 Å². The number of thioether (sulfide) groups is 1. The molecule has 2 fully saturated rings. The molecule has 0 N–H and O–H groups in total. The number of piperidine rings is 1. The number of hydrogen-bond acceptors (Lipinski definition) is 3. The first-order valence-electron chi connectivity index (χ1n) is 8.89. The summed E-state index contributed by atoms with van der Waals surface area (Å²) in [6, 6.07) is 8.27. The van der Waals surface area contributed by atoms with E-state index in [2.05, 4.69) is 31.2 Å². The third kappa shape index (κ3) is 4.32. The van der Waals surface area contributed by atoms with Crippen LogP contribution in [0.4, 0.5) is 0 Å². The lowest BCUT2D eigenvalue weighted by Crippen LogP contribution is -2.44. The van der Waals surface area contributed by atoms with E-state index in [4.69, 9.17) is 0 Å². The number of aryl methyl sites for hydroxylation is 1. The third-order valence-corrected chi connectivity index (χ3v) is 5.99. The first-order valence-corrected chi connectivity index (χ1v) is 9.88. The number of likely N-dealkylation sites (tertiary alicyclic amines) is 2. The molecule has 24 heavy (non-hydrogen) atoms. The van der Waals surface area contributed by atoms with E-state index in [1.165, 1.54) is 5.56 Å². The summed E-state index contributed by atoms with van der Waals surface area (Å²) in [5.74, 6) is 1.10. The molecule has 0 spiro atoms. The van der Waals surface area contributed by atoms with Crippen LogP contribution >= 0.6 is 11.8 Å². The van der Waals surface area contributed by atoms with E-state index >= 15 is 0 Å². The molecule has 1 aromatic rings. The molecule has 0 aromatic heterocycles. The maximum atomic E-state index is 12.4. The van der Waals surface area contributed by atoms with Gasteiger partial charge in [-0.15, -0.1) is 11.8 Å². The summed E-state index contributed by atoms with van der Waals surface area (Å²) in [6.07, 6.45) is 3.91. The molecule has 0 radical (unpaired) electrons. The zero-order chi connectivity index (χ0) is 16.9. The number of amides is 2. The lowest BCUT2D eigenvalue weighted by Gasteiger charge is -2.33. The van der Waals surface area contributed by atoms with Crippen molar-refractivity contribution in [3.05, 3.63) is 29.8 Å². The van der Waals surface area contributed by atoms with Crippen molar-refractivity contribution in [2.75, 3.05) is 31.9 Å². The van der Waals surface area contributed by atoms with Gasteiger partial charge in [-0.3, -0.25) is 9.59 Å². The molecule has 2 heterocycles. The Morgan fingerprint density at radius 1 is 1.00 bits per heavy atom. The Bertz CT molecular complexity index is 574. The minimum atomic E-state index is 0.122. The molecular formula is C19H26N2O2S. The van der Waals surface area contributed by atoms with Gasteiger partial charge < -0.3 is 9.80 Å². The van der Waals surface area contributed by atoms with Gasteiger partial charge in [0.15, 0.2) is 0 Å². The first-order chi connectivity index (χ1) is 11.6. The van der Waals surface area contributed by atoms with E-state index in [0.717, 1.165) is 56.8 Å². The maximum Gasteiger partial charge on any atom is 0.232 e. The molecule has 130 valence electrons. The largest absolute Gasteiger partial charge is 0.342 e. The standard InChI is InChI=1S/C19H26N2O2S/c1-15-4-6-17(7-5-15)24-14-18(22)20-12-8-16(9-13-20)19(23)21-10-2-3-11-21/h4-7,16H,2-3,8-14H2,1H3. The second-order valence-corrected chi connectivity index (χ2v) is 7.84. The lowest BCUT2D eigenvalue weighted by atomic mass is 9.95. The van der Waals surface area contributed by atoms with E-state index in [1.807, 2.05) is 9.80 Å². The SMILES string of the molecule is Cc1ccc(SCC(=O)N2CCC(C(=O)N3CCCC3)CC2)cc1. The molecule has 0 aliphatic carbocycles. The quantitative estimate of drug-likeness (QED) is 0.787. The van der Waals surface area contributed by atoms with Crippen LogP contribution in [0.1, 0.15) is 31.2 Å². The average Bonchev–Trinajstić information content (AvgIpc) is 3.15. The van der Waals surface area contributed by atoms with Crippen LogP contribution in [-0.4, -0.2) is 53.5 Å². The van der Waals surface area contributed by atoms with E-state index in [0.29, 0.717) is 11.7 Å². The molecule has 0 atom stereocenters. The second-order valence-electron chi connectivity index (χ2n) is 6.79. The number of rotatable bonds is 4. The Morgan fingerprint density at radius 2 is 1.62 bits per heavy atom. The van der Waals surface area contributed by atoms with Crippen LogP contribution in [-0.2, 0) is 9.59 Å². The fourth-order valence-electron chi connectivity index (χ4n) is 3.44. The van der Waals surface area contributed by atoms with Gasteiger partial charge in [0.05, 0.1) is 5.75 Å². The Hall–Kier alpha value is -1.49. The van der Waals surface area contributed by atoms with E-state index in [1.54, 1.807) is 11.8 Å². The topological polar surface area (TPSA) is 40.6 Å². The van der Waals surface area contributed by atoms with Crippen LogP contribution in [0.25, 0.3) is 0 Å². The molecule has 2 aliphatic heterocycles. The fraction of sp³-hybridized carbons (Fsp3) is 0.579. The van der Waals surface area contributed by atoms with Crippen LogP contribution < -0.4 is 0 Å². The number of carbonyl (C=O) groups excluding carboxylic acids is 2. The summed E-state index contributed by atoms with van der Waals surface area (Å²) in [5.41, 5.74) is 1.23. The van der Waals surface area contributed by atoms with Crippen molar-refractivity contribution in [1.29, 1.82) is 0 Å². The highest BCUT2D eigenvalue weighted by molar-refractivity contribution is 8.00. The summed E-state index contributed by atoms with van der Waals surface area (Å²) in [4.78, 5) is 29.9. The van der Waals surface area contributed by atoms with Crippen molar-refractivity contribution < 1.29 is 9.59 Å². The highest BCUT2D eigenvalue weighted by Gasteiger charge is 2.31. The van der Waals surface area contributed by atoms with Crippen LogP contribution in [0.5, 0.6) is 0 Å². The Morgan fingerprint density at radius 3 is 2.25 bits per heavy atom. The Labute approximate surface area is 148 Å². The Kier molecular flexibility index (Phi) is 5.82. The number of nitrogens with zero attached hydrogens (tertiary/aromatic N) is 2. The van der Waals surface area contributed by atoms with Crippen LogP contribution in [0.15, 0.2) is 29.2 Å². The van der Waals surface area contributed by atoms with E-state index in [9.17, 15) is 9.59 Å². The fourth-order valence-corrected chi connectivity index (χ4v) is 4.24. The predicted molar refractivity (Wildman–Crippen MR) is 97.0 cm³/mol. The van der Waals surface area contributed by atoms with Gasteiger partial charge in [-0.05, 0) is 44.7 Å². The molecule has 0 unspecified atom stereocenters. The molecule has 0 saturated carbocycles.